The minimum absolute atomic E-state index is 0.0503. The summed E-state index contributed by atoms with van der Waals surface area (Å²) < 4.78 is 0.908. The van der Waals surface area contributed by atoms with E-state index in [1.165, 1.54) is 11.8 Å². The van der Waals surface area contributed by atoms with Gasteiger partial charge in [0.05, 0.1) is 4.91 Å². The molecule has 19 heavy (non-hydrogen) atoms. The molecule has 1 aliphatic rings. The van der Waals surface area contributed by atoms with Gasteiger partial charge < -0.3 is 5.11 Å². The smallest absolute Gasteiger partial charge is 0.200 e. The number of halogens is 1. The number of phenolic OH excluding ortho intramolecular Hbond substituents is 1. The van der Waals surface area contributed by atoms with Crippen LogP contribution in [0.4, 0.5) is 0 Å². The predicted molar refractivity (Wildman–Crippen MR) is 80.4 cm³/mol. The number of thioether (sulfide) groups is 1. The van der Waals surface area contributed by atoms with Gasteiger partial charge in [0, 0.05) is 14.9 Å². The Morgan fingerprint density at radius 3 is 2.58 bits per heavy atom. The lowest BCUT2D eigenvalue weighted by Crippen LogP contribution is -1.93. The summed E-state index contributed by atoms with van der Waals surface area (Å²) in [5.41, 5.74) is 1.64. The number of hydrogen-bond donors (Lipinski definition) is 1. The van der Waals surface area contributed by atoms with Gasteiger partial charge >= 0.3 is 0 Å². The molecule has 2 aromatic carbocycles. The van der Waals surface area contributed by atoms with E-state index in [1.807, 2.05) is 24.3 Å². The fourth-order valence-corrected chi connectivity index (χ4v) is 3.28. The third kappa shape index (κ3) is 2.46. The van der Waals surface area contributed by atoms with Crippen molar-refractivity contribution in [1.29, 1.82) is 0 Å². The largest absolute Gasteiger partial charge is 0.508 e. The summed E-state index contributed by atoms with van der Waals surface area (Å²) in [6.07, 6.45) is 1.85. The van der Waals surface area contributed by atoms with Gasteiger partial charge in [0.15, 0.2) is 0 Å². The molecule has 0 aliphatic carbocycles. The second-order valence-corrected chi connectivity index (χ2v) is 6.17. The predicted octanol–water partition coefficient (Wildman–Crippen LogP) is 4.48. The summed E-state index contributed by atoms with van der Waals surface area (Å²) in [5, 5.41) is 9.24. The number of carbonyl (C=O) groups excluding carboxylic acids is 1. The topological polar surface area (TPSA) is 37.3 Å². The van der Waals surface area contributed by atoms with Crippen LogP contribution in [0.25, 0.3) is 6.08 Å². The first kappa shape index (κ1) is 12.5. The van der Waals surface area contributed by atoms with Crippen LogP contribution >= 0.6 is 27.7 Å². The number of allylic oxidation sites excluding steroid dienone is 1. The van der Waals surface area contributed by atoms with Crippen LogP contribution in [0.1, 0.15) is 15.9 Å². The Balaban J connectivity index is 1.97. The molecule has 1 N–H and O–H groups in total. The van der Waals surface area contributed by atoms with Gasteiger partial charge in [-0.25, -0.2) is 0 Å². The minimum Gasteiger partial charge on any atom is -0.508 e. The molecule has 0 spiro atoms. The first-order valence-corrected chi connectivity index (χ1v) is 7.27. The molecule has 0 aromatic heterocycles. The van der Waals surface area contributed by atoms with Crippen LogP contribution in [0, 0.1) is 0 Å². The molecule has 3 rings (SSSR count). The summed E-state index contributed by atoms with van der Waals surface area (Å²) in [4.78, 5) is 14.0. The summed E-state index contributed by atoms with van der Waals surface area (Å²) in [5.74, 6) is 0.272. The number of rotatable bonds is 1. The van der Waals surface area contributed by atoms with Crippen LogP contribution in [0.5, 0.6) is 5.75 Å². The van der Waals surface area contributed by atoms with E-state index in [4.69, 9.17) is 0 Å². The van der Waals surface area contributed by atoms with Gasteiger partial charge in [-0.05, 0) is 42.0 Å². The Morgan fingerprint density at radius 2 is 1.84 bits per heavy atom. The molecule has 1 aliphatic heterocycles. The highest BCUT2D eigenvalue weighted by atomic mass is 79.9. The molecule has 2 aromatic rings. The zero-order chi connectivity index (χ0) is 13.4. The van der Waals surface area contributed by atoms with Crippen LogP contribution in [-0.2, 0) is 0 Å². The highest BCUT2D eigenvalue weighted by molar-refractivity contribution is 9.10. The summed E-state index contributed by atoms with van der Waals surface area (Å²) in [6.45, 7) is 0. The maximum Gasteiger partial charge on any atom is 0.200 e. The van der Waals surface area contributed by atoms with Crippen molar-refractivity contribution < 1.29 is 9.90 Å². The van der Waals surface area contributed by atoms with Crippen molar-refractivity contribution in [2.45, 2.75) is 4.90 Å². The zero-order valence-electron chi connectivity index (χ0n) is 9.76. The normalized spacial score (nSPS) is 15.8. The van der Waals surface area contributed by atoms with Crippen molar-refractivity contribution in [1.82, 2.24) is 0 Å². The van der Waals surface area contributed by atoms with Gasteiger partial charge in [-0.1, -0.05) is 39.8 Å². The van der Waals surface area contributed by atoms with Crippen LogP contribution in [-0.4, -0.2) is 10.9 Å². The average Bonchev–Trinajstić information content (AvgIpc) is 2.70. The van der Waals surface area contributed by atoms with Gasteiger partial charge in [0.25, 0.3) is 0 Å². The SMILES string of the molecule is O=C1/C(=C/c2ccc(O)cc2)Sc2ccc(Br)cc21. The van der Waals surface area contributed by atoms with Crippen molar-refractivity contribution in [2.24, 2.45) is 0 Å². The molecule has 0 radical (unpaired) electrons. The first-order valence-electron chi connectivity index (χ1n) is 5.66. The molecule has 0 atom stereocenters. The molecule has 1 heterocycles. The molecule has 2 nitrogen and oxygen atoms in total. The maximum absolute atomic E-state index is 12.3. The van der Waals surface area contributed by atoms with Crippen molar-refractivity contribution in [3.8, 4) is 5.75 Å². The minimum atomic E-state index is 0.0503. The summed E-state index contributed by atoms with van der Waals surface area (Å²) in [7, 11) is 0. The molecule has 0 amide bonds. The van der Waals surface area contributed by atoms with Gasteiger partial charge in [-0.2, -0.15) is 0 Å². The van der Waals surface area contributed by atoms with E-state index < -0.39 is 0 Å². The van der Waals surface area contributed by atoms with E-state index in [0.29, 0.717) is 4.91 Å². The summed E-state index contributed by atoms with van der Waals surface area (Å²) >= 11 is 4.86. The van der Waals surface area contributed by atoms with Crippen molar-refractivity contribution in [3.63, 3.8) is 0 Å². The Bertz CT molecular complexity index is 690. The van der Waals surface area contributed by atoms with Crippen LogP contribution in [0.15, 0.2) is 56.7 Å². The number of carbonyl (C=O) groups is 1. The van der Waals surface area contributed by atoms with Crippen molar-refractivity contribution >= 4 is 39.6 Å². The lowest BCUT2D eigenvalue weighted by molar-refractivity contribution is 0.104. The lowest BCUT2D eigenvalue weighted by atomic mass is 10.1. The molecule has 0 saturated carbocycles. The Hall–Kier alpha value is -1.52. The highest BCUT2D eigenvalue weighted by Crippen LogP contribution is 2.41. The first-order chi connectivity index (χ1) is 9.13. The fourth-order valence-electron chi connectivity index (χ4n) is 1.88. The molecular formula is C15H9BrO2S. The van der Waals surface area contributed by atoms with Gasteiger partial charge in [-0.15, -0.1) is 0 Å². The molecule has 0 unspecified atom stereocenters. The summed E-state index contributed by atoms with van der Waals surface area (Å²) in [6, 6.07) is 12.5. The molecule has 0 bridgehead atoms. The Morgan fingerprint density at radius 1 is 1.11 bits per heavy atom. The van der Waals surface area contributed by atoms with E-state index in [-0.39, 0.29) is 11.5 Å². The number of phenols is 1. The van der Waals surface area contributed by atoms with E-state index >= 15 is 0 Å². The monoisotopic (exact) mass is 332 g/mol. The third-order valence-corrected chi connectivity index (χ3v) is 4.41. The van der Waals surface area contributed by atoms with Gasteiger partial charge in [0.2, 0.25) is 5.78 Å². The molecule has 4 heteroatoms. The fraction of sp³-hybridized carbons (Fsp3) is 0. The Kier molecular flexibility index (Phi) is 3.21. The van der Waals surface area contributed by atoms with Gasteiger partial charge in [0.1, 0.15) is 5.75 Å². The third-order valence-electron chi connectivity index (χ3n) is 2.82. The number of Topliss-reactive ketones (excluding diaryl/α,β-unsaturated/α-hetero) is 1. The Labute approximate surface area is 123 Å². The maximum atomic E-state index is 12.3. The second-order valence-electron chi connectivity index (χ2n) is 4.17. The standard InChI is InChI=1S/C15H9BrO2S/c16-10-3-6-13-12(8-10)15(18)14(19-13)7-9-1-4-11(17)5-2-9/h1-8,17H/b14-7-. The quantitative estimate of drug-likeness (QED) is 0.782. The highest BCUT2D eigenvalue weighted by Gasteiger charge is 2.25. The van der Waals surface area contributed by atoms with E-state index in [0.717, 1.165) is 20.5 Å². The van der Waals surface area contributed by atoms with E-state index in [1.54, 1.807) is 24.3 Å². The molecular weight excluding hydrogens is 324 g/mol. The van der Waals surface area contributed by atoms with E-state index in [2.05, 4.69) is 15.9 Å². The zero-order valence-corrected chi connectivity index (χ0v) is 12.2. The molecule has 0 fully saturated rings. The number of aromatic hydroxyl groups is 1. The second kappa shape index (κ2) is 4.87. The lowest BCUT2D eigenvalue weighted by Gasteiger charge is -1.96. The number of benzene rings is 2. The number of fused-ring (bicyclic) bond motifs is 1. The molecule has 0 saturated heterocycles. The van der Waals surface area contributed by atoms with E-state index in [9.17, 15) is 9.90 Å². The van der Waals surface area contributed by atoms with Crippen LogP contribution in [0.3, 0.4) is 0 Å². The van der Waals surface area contributed by atoms with Crippen LogP contribution < -0.4 is 0 Å². The van der Waals surface area contributed by atoms with Crippen molar-refractivity contribution in [2.75, 3.05) is 0 Å². The van der Waals surface area contributed by atoms with Crippen LogP contribution in [0.2, 0.25) is 0 Å². The number of hydrogen-bond acceptors (Lipinski definition) is 3. The molecule has 94 valence electrons. The average molecular weight is 333 g/mol. The van der Waals surface area contributed by atoms with Gasteiger partial charge in [-0.3, -0.25) is 4.79 Å². The number of ketones is 1. The van der Waals surface area contributed by atoms with Crippen molar-refractivity contribution in [3.05, 3.63) is 63.0 Å².